The van der Waals surface area contributed by atoms with E-state index in [0.717, 1.165) is 18.9 Å². The molecule has 4 nitrogen and oxygen atoms in total. The van der Waals surface area contributed by atoms with Gasteiger partial charge in [0, 0.05) is 12.7 Å². The summed E-state index contributed by atoms with van der Waals surface area (Å²) in [5.74, 6) is 0.466. The third-order valence-corrected chi connectivity index (χ3v) is 2.82. The summed E-state index contributed by atoms with van der Waals surface area (Å²) < 4.78 is 0. The van der Waals surface area contributed by atoms with Crippen LogP contribution in [0.2, 0.25) is 0 Å². The van der Waals surface area contributed by atoms with E-state index in [1.54, 1.807) is 18.3 Å². The van der Waals surface area contributed by atoms with E-state index in [1.807, 2.05) is 0 Å². The second-order valence-corrected chi connectivity index (χ2v) is 4.22. The van der Waals surface area contributed by atoms with Crippen LogP contribution in [0.4, 0.5) is 5.82 Å². The third kappa shape index (κ3) is 2.95. The Balaban J connectivity index is 1.84. The molecule has 1 aliphatic rings. The molecule has 4 heteroatoms. The number of nitrogens with zero attached hydrogens (tertiary/aromatic N) is 1. The Morgan fingerprint density at radius 1 is 1.56 bits per heavy atom. The highest BCUT2D eigenvalue weighted by molar-refractivity contribution is 5.92. The zero-order chi connectivity index (χ0) is 11.4. The normalized spacial score (nSPS) is 14.8. The Hall–Kier alpha value is -1.58. The first-order valence-electron chi connectivity index (χ1n) is 5.69. The van der Waals surface area contributed by atoms with Crippen molar-refractivity contribution < 1.29 is 9.90 Å². The van der Waals surface area contributed by atoms with E-state index in [0.29, 0.717) is 5.82 Å². The van der Waals surface area contributed by atoms with Gasteiger partial charge in [0.2, 0.25) is 0 Å². The van der Waals surface area contributed by atoms with Gasteiger partial charge in [0.05, 0.1) is 0 Å². The maximum Gasteiger partial charge on any atom is 0.339 e. The van der Waals surface area contributed by atoms with Crippen molar-refractivity contribution in [3.05, 3.63) is 23.9 Å². The molecule has 1 aromatic heterocycles. The smallest absolute Gasteiger partial charge is 0.339 e. The Bertz CT molecular complexity index is 375. The second-order valence-electron chi connectivity index (χ2n) is 4.22. The molecule has 0 saturated heterocycles. The Labute approximate surface area is 94.7 Å². The number of anilines is 1. The van der Waals surface area contributed by atoms with Crippen LogP contribution in [0.5, 0.6) is 0 Å². The molecule has 2 N–H and O–H groups in total. The molecule has 1 aromatic rings. The number of pyridine rings is 1. The summed E-state index contributed by atoms with van der Waals surface area (Å²) in [7, 11) is 0. The van der Waals surface area contributed by atoms with Crippen LogP contribution in [0.25, 0.3) is 0 Å². The maximum atomic E-state index is 10.9. The summed E-state index contributed by atoms with van der Waals surface area (Å²) in [4.78, 5) is 14.9. The Kier molecular flexibility index (Phi) is 3.39. The van der Waals surface area contributed by atoms with Gasteiger partial charge in [-0.1, -0.05) is 12.8 Å². The lowest BCUT2D eigenvalue weighted by atomic mass is 10.2. The second kappa shape index (κ2) is 4.96. The molecular weight excluding hydrogens is 204 g/mol. The fourth-order valence-electron chi connectivity index (χ4n) is 1.72. The fourth-order valence-corrected chi connectivity index (χ4v) is 1.72. The van der Waals surface area contributed by atoms with Crippen molar-refractivity contribution in [3.8, 4) is 0 Å². The summed E-state index contributed by atoms with van der Waals surface area (Å²) in [6.45, 7) is 0.799. The number of nitrogens with one attached hydrogen (secondary N) is 1. The zero-order valence-electron chi connectivity index (χ0n) is 9.15. The van der Waals surface area contributed by atoms with Gasteiger partial charge in [-0.15, -0.1) is 0 Å². The number of aromatic carboxylic acids is 1. The van der Waals surface area contributed by atoms with E-state index < -0.39 is 5.97 Å². The average Bonchev–Trinajstić information content (AvgIpc) is 3.08. The van der Waals surface area contributed by atoms with Crippen LogP contribution in [0.1, 0.15) is 36.0 Å². The molecule has 1 saturated carbocycles. The molecule has 0 bridgehead atoms. The van der Waals surface area contributed by atoms with Gasteiger partial charge in [-0.25, -0.2) is 9.78 Å². The first-order valence-corrected chi connectivity index (χ1v) is 5.69. The highest BCUT2D eigenvalue weighted by atomic mass is 16.4. The van der Waals surface area contributed by atoms with Crippen molar-refractivity contribution in [2.45, 2.75) is 25.7 Å². The molecule has 1 fully saturated rings. The van der Waals surface area contributed by atoms with E-state index in [9.17, 15) is 4.79 Å². The van der Waals surface area contributed by atoms with Crippen LogP contribution in [0, 0.1) is 5.92 Å². The lowest BCUT2D eigenvalue weighted by molar-refractivity contribution is 0.0697. The summed E-state index contributed by atoms with van der Waals surface area (Å²) >= 11 is 0. The molecule has 0 amide bonds. The number of hydrogen-bond acceptors (Lipinski definition) is 3. The topological polar surface area (TPSA) is 62.2 Å². The van der Waals surface area contributed by atoms with Gasteiger partial charge >= 0.3 is 5.97 Å². The fraction of sp³-hybridized carbons (Fsp3) is 0.500. The molecule has 1 aliphatic carbocycles. The number of carboxylic acids is 1. The quantitative estimate of drug-likeness (QED) is 0.722. The third-order valence-electron chi connectivity index (χ3n) is 2.82. The van der Waals surface area contributed by atoms with E-state index in [2.05, 4.69) is 10.3 Å². The summed E-state index contributed by atoms with van der Waals surface area (Å²) in [5.41, 5.74) is 0.244. The molecule has 0 radical (unpaired) electrons. The zero-order valence-corrected chi connectivity index (χ0v) is 9.15. The van der Waals surface area contributed by atoms with Gasteiger partial charge < -0.3 is 10.4 Å². The van der Waals surface area contributed by atoms with Gasteiger partial charge in [-0.3, -0.25) is 0 Å². The molecule has 2 rings (SSSR count). The predicted molar refractivity (Wildman–Crippen MR) is 61.6 cm³/mol. The summed E-state index contributed by atoms with van der Waals surface area (Å²) in [6.07, 6.45) is 6.66. The van der Waals surface area contributed by atoms with Gasteiger partial charge in [0.1, 0.15) is 11.4 Å². The first-order chi connectivity index (χ1) is 7.77. The number of rotatable bonds is 6. The van der Waals surface area contributed by atoms with Crippen LogP contribution < -0.4 is 5.32 Å². The van der Waals surface area contributed by atoms with Crippen LogP contribution in [-0.2, 0) is 0 Å². The van der Waals surface area contributed by atoms with Crippen LogP contribution in [0.3, 0.4) is 0 Å². The largest absolute Gasteiger partial charge is 0.478 e. The first kappa shape index (κ1) is 10.9. The van der Waals surface area contributed by atoms with Gasteiger partial charge in [0.25, 0.3) is 0 Å². The molecule has 1 heterocycles. The molecule has 0 unspecified atom stereocenters. The van der Waals surface area contributed by atoms with Crippen LogP contribution in [0.15, 0.2) is 18.3 Å². The standard InChI is InChI=1S/C12H16N2O2/c15-12(16)10-4-2-8-14-11(10)13-7-1-3-9-5-6-9/h2,4,8-9H,1,3,5-7H2,(H,13,14)(H,15,16). The van der Waals surface area contributed by atoms with Crippen molar-refractivity contribution in [1.29, 1.82) is 0 Å². The number of carboxylic acid groups (broad SMARTS) is 1. The SMILES string of the molecule is O=C(O)c1cccnc1NCCCC1CC1. The molecule has 0 atom stereocenters. The van der Waals surface area contributed by atoms with Crippen LogP contribution >= 0.6 is 0 Å². The van der Waals surface area contributed by atoms with E-state index >= 15 is 0 Å². The molecule has 86 valence electrons. The molecule has 16 heavy (non-hydrogen) atoms. The predicted octanol–water partition coefficient (Wildman–Crippen LogP) is 2.38. The minimum atomic E-state index is -0.933. The molecular formula is C12H16N2O2. The minimum absolute atomic E-state index is 0.244. The van der Waals surface area contributed by atoms with Crippen molar-refractivity contribution in [2.75, 3.05) is 11.9 Å². The van der Waals surface area contributed by atoms with E-state index in [4.69, 9.17) is 5.11 Å². The Morgan fingerprint density at radius 2 is 2.38 bits per heavy atom. The number of aromatic nitrogens is 1. The van der Waals surface area contributed by atoms with Crippen LogP contribution in [-0.4, -0.2) is 22.6 Å². The minimum Gasteiger partial charge on any atom is -0.478 e. The lowest BCUT2D eigenvalue weighted by Gasteiger charge is -2.07. The van der Waals surface area contributed by atoms with Crippen molar-refractivity contribution in [3.63, 3.8) is 0 Å². The number of carbonyl (C=O) groups is 1. The van der Waals surface area contributed by atoms with Gasteiger partial charge in [0.15, 0.2) is 0 Å². The monoisotopic (exact) mass is 220 g/mol. The molecule has 0 aliphatic heterocycles. The Morgan fingerprint density at radius 3 is 3.06 bits per heavy atom. The van der Waals surface area contributed by atoms with Gasteiger partial charge in [-0.05, 0) is 30.9 Å². The summed E-state index contributed by atoms with van der Waals surface area (Å²) in [5, 5.41) is 12.0. The van der Waals surface area contributed by atoms with Gasteiger partial charge in [-0.2, -0.15) is 0 Å². The number of hydrogen-bond donors (Lipinski definition) is 2. The summed E-state index contributed by atoms with van der Waals surface area (Å²) in [6, 6.07) is 3.21. The van der Waals surface area contributed by atoms with E-state index in [-0.39, 0.29) is 5.56 Å². The highest BCUT2D eigenvalue weighted by Crippen LogP contribution is 2.33. The average molecular weight is 220 g/mol. The van der Waals surface area contributed by atoms with Crippen molar-refractivity contribution >= 4 is 11.8 Å². The lowest BCUT2D eigenvalue weighted by Crippen LogP contribution is -2.09. The maximum absolute atomic E-state index is 10.9. The molecule has 0 spiro atoms. The van der Waals surface area contributed by atoms with Crippen molar-refractivity contribution in [2.24, 2.45) is 5.92 Å². The van der Waals surface area contributed by atoms with E-state index in [1.165, 1.54) is 19.3 Å². The van der Waals surface area contributed by atoms with Crippen molar-refractivity contribution in [1.82, 2.24) is 4.98 Å². The molecule has 0 aromatic carbocycles. The highest BCUT2D eigenvalue weighted by Gasteiger charge is 2.20.